The van der Waals surface area contributed by atoms with E-state index in [2.05, 4.69) is 29.6 Å². The molecular formula is C15H23NO. The minimum Gasteiger partial charge on any atom is -0.385 e. The van der Waals surface area contributed by atoms with Gasteiger partial charge in [-0.1, -0.05) is 30.7 Å². The third kappa shape index (κ3) is 3.08. The largest absolute Gasteiger partial charge is 0.385 e. The smallest absolute Gasteiger partial charge is 0.0480 e. The lowest BCUT2D eigenvalue weighted by molar-refractivity contribution is 0.184. The molecule has 1 N–H and O–H groups in total. The van der Waals surface area contributed by atoms with Gasteiger partial charge in [0, 0.05) is 19.8 Å². The third-order valence-corrected chi connectivity index (χ3v) is 3.85. The number of methoxy groups -OCH3 is 1. The van der Waals surface area contributed by atoms with Crippen molar-refractivity contribution >= 4 is 0 Å². The van der Waals surface area contributed by atoms with Gasteiger partial charge in [0.2, 0.25) is 0 Å². The van der Waals surface area contributed by atoms with Gasteiger partial charge in [0.15, 0.2) is 0 Å². The van der Waals surface area contributed by atoms with Crippen LogP contribution in [0.15, 0.2) is 24.3 Å². The van der Waals surface area contributed by atoms with Crippen molar-refractivity contribution in [1.29, 1.82) is 0 Å². The lowest BCUT2D eigenvalue weighted by atomic mass is 9.79. The van der Waals surface area contributed by atoms with Crippen molar-refractivity contribution in [1.82, 2.24) is 5.32 Å². The van der Waals surface area contributed by atoms with Crippen LogP contribution in [0.2, 0.25) is 0 Å². The highest BCUT2D eigenvalue weighted by molar-refractivity contribution is 5.29. The summed E-state index contributed by atoms with van der Waals surface area (Å²) in [6, 6.07) is 9.48. The standard InChI is InChI=1S/C15H23NO/c1-16-15(9-10-17-2)14-8-4-7-13(11-14)12-5-3-6-12/h4,7-8,11-12,15-16H,3,5-6,9-10H2,1-2H3. The van der Waals surface area contributed by atoms with Gasteiger partial charge in [-0.05, 0) is 43.4 Å². The summed E-state index contributed by atoms with van der Waals surface area (Å²) in [5.41, 5.74) is 2.92. The molecule has 17 heavy (non-hydrogen) atoms. The SMILES string of the molecule is CNC(CCOC)c1cccc(C2CCC2)c1. The first kappa shape index (κ1) is 12.6. The molecule has 0 spiro atoms. The van der Waals surface area contributed by atoms with Gasteiger partial charge in [-0.25, -0.2) is 0 Å². The fourth-order valence-electron chi connectivity index (χ4n) is 2.48. The van der Waals surface area contributed by atoms with E-state index in [4.69, 9.17) is 4.74 Å². The van der Waals surface area contributed by atoms with E-state index in [-0.39, 0.29) is 0 Å². The van der Waals surface area contributed by atoms with Crippen molar-refractivity contribution in [2.45, 2.75) is 37.6 Å². The average Bonchev–Trinajstić information content (AvgIpc) is 2.28. The van der Waals surface area contributed by atoms with Crippen LogP contribution in [-0.4, -0.2) is 20.8 Å². The van der Waals surface area contributed by atoms with Crippen LogP contribution in [0.5, 0.6) is 0 Å². The molecule has 94 valence electrons. The summed E-state index contributed by atoms with van der Waals surface area (Å²) in [5, 5.41) is 3.38. The predicted molar refractivity (Wildman–Crippen MR) is 71.3 cm³/mol. The number of rotatable bonds is 6. The molecule has 1 aliphatic carbocycles. The van der Waals surface area contributed by atoms with Crippen LogP contribution in [0.1, 0.15) is 48.8 Å². The van der Waals surface area contributed by atoms with Crippen molar-refractivity contribution in [3.05, 3.63) is 35.4 Å². The van der Waals surface area contributed by atoms with Gasteiger partial charge in [-0.3, -0.25) is 0 Å². The normalized spacial score (nSPS) is 17.8. The summed E-state index contributed by atoms with van der Waals surface area (Å²) < 4.78 is 5.17. The average molecular weight is 233 g/mol. The van der Waals surface area contributed by atoms with Crippen LogP contribution in [0.25, 0.3) is 0 Å². The third-order valence-electron chi connectivity index (χ3n) is 3.85. The van der Waals surface area contributed by atoms with Crippen molar-refractivity contribution in [3.63, 3.8) is 0 Å². The summed E-state index contributed by atoms with van der Waals surface area (Å²) in [5.74, 6) is 0.815. The van der Waals surface area contributed by atoms with Gasteiger partial charge in [-0.2, -0.15) is 0 Å². The lowest BCUT2D eigenvalue weighted by Gasteiger charge is -2.27. The second kappa shape index (κ2) is 6.18. The van der Waals surface area contributed by atoms with Crippen molar-refractivity contribution in [3.8, 4) is 0 Å². The maximum Gasteiger partial charge on any atom is 0.0480 e. The zero-order valence-electron chi connectivity index (χ0n) is 10.9. The maximum atomic E-state index is 5.17. The number of benzene rings is 1. The van der Waals surface area contributed by atoms with Crippen molar-refractivity contribution < 1.29 is 4.74 Å². The second-order valence-electron chi connectivity index (χ2n) is 4.92. The monoisotopic (exact) mass is 233 g/mol. The van der Waals surface area contributed by atoms with E-state index in [9.17, 15) is 0 Å². The molecule has 2 rings (SSSR count). The summed E-state index contributed by atoms with van der Waals surface area (Å²) in [4.78, 5) is 0. The van der Waals surface area contributed by atoms with Crippen LogP contribution in [0.4, 0.5) is 0 Å². The number of nitrogens with one attached hydrogen (secondary N) is 1. The van der Waals surface area contributed by atoms with Crippen LogP contribution < -0.4 is 5.32 Å². The number of hydrogen-bond acceptors (Lipinski definition) is 2. The van der Waals surface area contributed by atoms with E-state index < -0.39 is 0 Å². The van der Waals surface area contributed by atoms with Gasteiger partial charge in [0.1, 0.15) is 0 Å². The predicted octanol–water partition coefficient (Wildman–Crippen LogP) is 3.25. The lowest BCUT2D eigenvalue weighted by Crippen LogP contribution is -2.18. The Bertz CT molecular complexity index is 347. The zero-order chi connectivity index (χ0) is 12.1. The van der Waals surface area contributed by atoms with E-state index in [0.29, 0.717) is 6.04 Å². The Morgan fingerprint density at radius 3 is 2.82 bits per heavy atom. The minimum absolute atomic E-state index is 0.412. The van der Waals surface area contributed by atoms with Crippen molar-refractivity contribution in [2.75, 3.05) is 20.8 Å². The molecule has 1 atom stereocenters. The summed E-state index contributed by atoms with van der Waals surface area (Å²) in [7, 11) is 3.79. The Morgan fingerprint density at radius 1 is 1.41 bits per heavy atom. The molecular weight excluding hydrogens is 210 g/mol. The highest BCUT2D eigenvalue weighted by atomic mass is 16.5. The van der Waals surface area contributed by atoms with Crippen LogP contribution in [0, 0.1) is 0 Å². The first-order valence-electron chi connectivity index (χ1n) is 6.61. The van der Waals surface area contributed by atoms with Gasteiger partial charge < -0.3 is 10.1 Å². The molecule has 1 fully saturated rings. The highest BCUT2D eigenvalue weighted by Crippen LogP contribution is 2.37. The first-order chi connectivity index (χ1) is 8.35. The first-order valence-corrected chi connectivity index (χ1v) is 6.61. The molecule has 1 saturated carbocycles. The minimum atomic E-state index is 0.412. The quantitative estimate of drug-likeness (QED) is 0.814. The Balaban J connectivity index is 2.07. The summed E-state index contributed by atoms with van der Waals surface area (Å²) in [6.45, 7) is 0.805. The molecule has 0 aliphatic heterocycles. The molecule has 0 saturated heterocycles. The van der Waals surface area contributed by atoms with E-state index in [1.54, 1.807) is 7.11 Å². The fourth-order valence-corrected chi connectivity index (χ4v) is 2.48. The Hall–Kier alpha value is -0.860. The molecule has 0 amide bonds. The topological polar surface area (TPSA) is 21.3 Å². The Kier molecular flexibility index (Phi) is 4.57. The molecule has 2 nitrogen and oxygen atoms in total. The van der Waals surface area contributed by atoms with Crippen molar-refractivity contribution in [2.24, 2.45) is 0 Å². The second-order valence-corrected chi connectivity index (χ2v) is 4.92. The van der Waals surface area contributed by atoms with Gasteiger partial charge >= 0.3 is 0 Å². The maximum absolute atomic E-state index is 5.17. The molecule has 1 aliphatic rings. The molecule has 2 heteroatoms. The molecule has 1 aromatic rings. The van der Waals surface area contributed by atoms with Gasteiger partial charge in [0.05, 0.1) is 0 Å². The van der Waals surface area contributed by atoms with E-state index >= 15 is 0 Å². The summed E-state index contributed by atoms with van der Waals surface area (Å²) in [6.07, 6.45) is 5.16. The highest BCUT2D eigenvalue weighted by Gasteiger charge is 2.20. The van der Waals surface area contributed by atoms with Crippen LogP contribution >= 0.6 is 0 Å². The molecule has 0 bridgehead atoms. The van der Waals surface area contributed by atoms with Gasteiger partial charge in [-0.15, -0.1) is 0 Å². The van der Waals surface area contributed by atoms with Crippen LogP contribution in [0.3, 0.4) is 0 Å². The van der Waals surface area contributed by atoms with Crippen LogP contribution in [-0.2, 0) is 4.74 Å². The molecule has 1 aromatic carbocycles. The fraction of sp³-hybridized carbons (Fsp3) is 0.600. The molecule has 0 radical (unpaired) electrons. The number of ether oxygens (including phenoxy) is 1. The molecule has 0 heterocycles. The Morgan fingerprint density at radius 2 is 2.24 bits per heavy atom. The van der Waals surface area contributed by atoms with E-state index in [1.807, 2.05) is 7.05 Å². The zero-order valence-corrected chi connectivity index (χ0v) is 10.9. The molecule has 1 unspecified atom stereocenters. The summed E-state index contributed by atoms with van der Waals surface area (Å²) >= 11 is 0. The van der Waals surface area contributed by atoms with Gasteiger partial charge in [0.25, 0.3) is 0 Å². The molecule has 0 aromatic heterocycles. The number of hydrogen-bond donors (Lipinski definition) is 1. The van der Waals surface area contributed by atoms with E-state index in [1.165, 1.54) is 30.4 Å². The Labute approximate surface area is 104 Å². The van der Waals surface area contributed by atoms with E-state index in [0.717, 1.165) is 18.9 Å².